The lowest BCUT2D eigenvalue weighted by molar-refractivity contribution is -0.143. The molecule has 0 amide bonds. The number of ketones is 1. The monoisotopic (exact) mass is 338 g/mol. The number of carbonyl (C=O) groups excluding carboxylic acids is 2. The van der Waals surface area contributed by atoms with E-state index in [0.717, 1.165) is 36.0 Å². The molecule has 132 valence electrons. The molecule has 0 unspecified atom stereocenters. The second kappa shape index (κ2) is 4.23. The van der Waals surface area contributed by atoms with Crippen molar-refractivity contribution in [1.29, 1.82) is 0 Å². The number of carbonyl (C=O) groups is 2. The number of esters is 1. The predicted molar refractivity (Wildman–Crippen MR) is 90.1 cm³/mol. The van der Waals surface area contributed by atoms with Gasteiger partial charge < -0.3 is 4.74 Å². The van der Waals surface area contributed by atoms with E-state index in [1.54, 1.807) is 12.5 Å². The van der Waals surface area contributed by atoms with E-state index in [9.17, 15) is 9.59 Å². The van der Waals surface area contributed by atoms with Crippen molar-refractivity contribution >= 4 is 11.8 Å². The minimum absolute atomic E-state index is 0.118. The molecule has 0 N–H and O–H groups in total. The Morgan fingerprint density at radius 3 is 2.60 bits per heavy atom. The summed E-state index contributed by atoms with van der Waals surface area (Å²) in [6.45, 7) is 2.21. The lowest BCUT2D eigenvalue weighted by atomic mass is 9.75. The lowest BCUT2D eigenvalue weighted by Gasteiger charge is -2.31. The molecule has 11 atom stereocenters. The van der Waals surface area contributed by atoms with Crippen LogP contribution in [0.1, 0.15) is 39.0 Å². The number of fused-ring (bicyclic) bond motifs is 5. The summed E-state index contributed by atoms with van der Waals surface area (Å²) < 4.78 is 5.63. The number of rotatable bonds is 2. The Hall–Kier alpha value is -1.12. The maximum atomic E-state index is 13.3. The van der Waals surface area contributed by atoms with E-state index in [0.29, 0.717) is 47.9 Å². The fourth-order valence-electron chi connectivity index (χ4n) is 10.1. The van der Waals surface area contributed by atoms with Gasteiger partial charge in [-0.1, -0.05) is 12.0 Å². The molecule has 0 spiro atoms. The zero-order valence-electron chi connectivity index (χ0n) is 14.8. The Bertz CT molecular complexity index is 750. The maximum Gasteiger partial charge on any atom is 0.302 e. The Labute approximate surface area is 148 Å². The van der Waals surface area contributed by atoms with Gasteiger partial charge >= 0.3 is 5.97 Å². The number of allylic oxidation sites excluding steroid dienone is 2. The number of hydrogen-bond donors (Lipinski definition) is 0. The van der Waals surface area contributed by atoms with E-state index >= 15 is 0 Å². The van der Waals surface area contributed by atoms with Crippen LogP contribution in [0.5, 0.6) is 0 Å². The van der Waals surface area contributed by atoms with Crippen LogP contribution in [0.4, 0.5) is 0 Å². The van der Waals surface area contributed by atoms with Gasteiger partial charge in [-0.25, -0.2) is 0 Å². The predicted octanol–water partition coefficient (Wildman–Crippen LogP) is 3.24. The highest BCUT2D eigenvalue weighted by Gasteiger charge is 2.78. The first-order chi connectivity index (χ1) is 12.2. The Kier molecular flexibility index (Phi) is 2.37. The molecule has 0 radical (unpaired) electrons. The number of hydrogen-bond acceptors (Lipinski definition) is 3. The first-order valence-corrected chi connectivity index (χ1v) is 10.6. The zero-order valence-corrected chi connectivity index (χ0v) is 14.8. The summed E-state index contributed by atoms with van der Waals surface area (Å²) in [6.07, 6.45) is 6.32. The van der Waals surface area contributed by atoms with Crippen molar-refractivity contribution in [3.8, 4) is 0 Å². The van der Waals surface area contributed by atoms with E-state index in [4.69, 9.17) is 4.74 Å². The number of ether oxygens (including phenoxy) is 1. The third-order valence-electron chi connectivity index (χ3n) is 9.95. The van der Waals surface area contributed by atoms with Crippen molar-refractivity contribution in [3.05, 3.63) is 11.1 Å². The van der Waals surface area contributed by atoms with Gasteiger partial charge in [-0.3, -0.25) is 9.59 Å². The third kappa shape index (κ3) is 1.32. The Balaban J connectivity index is 1.40. The molecule has 0 bridgehead atoms. The second-order valence-corrected chi connectivity index (χ2v) is 10.1. The van der Waals surface area contributed by atoms with E-state index in [1.165, 1.54) is 31.3 Å². The fourth-order valence-corrected chi connectivity index (χ4v) is 10.1. The van der Waals surface area contributed by atoms with Crippen LogP contribution in [0.25, 0.3) is 0 Å². The van der Waals surface area contributed by atoms with E-state index in [2.05, 4.69) is 0 Å². The summed E-state index contributed by atoms with van der Waals surface area (Å²) in [5, 5.41) is 0. The second-order valence-electron chi connectivity index (χ2n) is 10.1. The molecule has 5 fully saturated rings. The molecular formula is C22H26O3. The highest BCUT2D eigenvalue weighted by Crippen LogP contribution is 2.81. The van der Waals surface area contributed by atoms with Gasteiger partial charge in [-0.05, 0) is 84.5 Å². The van der Waals surface area contributed by atoms with Crippen molar-refractivity contribution in [2.45, 2.75) is 39.0 Å². The molecule has 7 aliphatic carbocycles. The molecule has 5 saturated carbocycles. The van der Waals surface area contributed by atoms with Crippen LogP contribution in [0.2, 0.25) is 0 Å². The summed E-state index contributed by atoms with van der Waals surface area (Å²) in [5.41, 5.74) is 2.90. The molecule has 0 aromatic carbocycles. The molecule has 7 aliphatic rings. The van der Waals surface area contributed by atoms with Gasteiger partial charge in [0.15, 0.2) is 5.78 Å². The average Bonchev–Trinajstić information content (AvgIpc) is 3.33. The summed E-state index contributed by atoms with van der Waals surface area (Å²) >= 11 is 0. The minimum atomic E-state index is -0.118. The normalized spacial score (nSPS) is 58.4. The van der Waals surface area contributed by atoms with E-state index in [-0.39, 0.29) is 5.97 Å². The van der Waals surface area contributed by atoms with Crippen LogP contribution in [-0.2, 0) is 14.3 Å². The van der Waals surface area contributed by atoms with Gasteiger partial charge in [0.1, 0.15) is 0 Å². The Morgan fingerprint density at radius 1 is 1.00 bits per heavy atom. The van der Waals surface area contributed by atoms with Crippen molar-refractivity contribution in [1.82, 2.24) is 0 Å². The summed E-state index contributed by atoms with van der Waals surface area (Å²) in [6, 6.07) is 0. The van der Waals surface area contributed by atoms with Gasteiger partial charge in [0.05, 0.1) is 6.61 Å². The number of Topliss-reactive ketones (excluding diaryl/α,β-unsaturated/α-hetero) is 1. The summed E-state index contributed by atoms with van der Waals surface area (Å²) in [5.74, 6) is 7.98. The molecule has 0 saturated heterocycles. The standard InChI is InChI=1S/C22H26O3/c1-8(23)25-7-13-14-9-3-2-4-10(9)17-18(14)19-16(13)11-5-6-12-15(11)20(19)21(17)22(12)24/h9-11,13-14,16-21H,2-7H2,1H3/t9-,10+,11-,13-,14+,16-,17-,18-,19+,20+,21-/m1/s1. The van der Waals surface area contributed by atoms with Crippen molar-refractivity contribution in [2.24, 2.45) is 65.1 Å². The highest BCUT2D eigenvalue weighted by molar-refractivity contribution is 6.03. The van der Waals surface area contributed by atoms with Crippen LogP contribution in [0, 0.1) is 65.1 Å². The largest absolute Gasteiger partial charge is 0.466 e. The van der Waals surface area contributed by atoms with Gasteiger partial charge in [-0.2, -0.15) is 0 Å². The van der Waals surface area contributed by atoms with Crippen molar-refractivity contribution in [2.75, 3.05) is 6.61 Å². The molecule has 3 heteroatoms. The van der Waals surface area contributed by atoms with Crippen molar-refractivity contribution < 1.29 is 14.3 Å². The third-order valence-corrected chi connectivity index (χ3v) is 9.95. The van der Waals surface area contributed by atoms with Gasteiger partial charge in [0, 0.05) is 18.8 Å². The quantitative estimate of drug-likeness (QED) is 0.726. The molecule has 0 aromatic rings. The lowest BCUT2D eigenvalue weighted by Crippen LogP contribution is -2.30. The molecule has 25 heavy (non-hydrogen) atoms. The highest BCUT2D eigenvalue weighted by atomic mass is 16.5. The minimum Gasteiger partial charge on any atom is -0.466 e. The van der Waals surface area contributed by atoms with Gasteiger partial charge in [0.25, 0.3) is 0 Å². The molecule has 0 aliphatic heterocycles. The average molecular weight is 338 g/mol. The van der Waals surface area contributed by atoms with Gasteiger partial charge in [-0.15, -0.1) is 0 Å². The zero-order chi connectivity index (χ0) is 16.6. The molecule has 7 rings (SSSR count). The van der Waals surface area contributed by atoms with E-state index in [1.807, 2.05) is 0 Å². The smallest absolute Gasteiger partial charge is 0.302 e. The van der Waals surface area contributed by atoms with Crippen LogP contribution < -0.4 is 0 Å². The van der Waals surface area contributed by atoms with Crippen LogP contribution in [0.3, 0.4) is 0 Å². The summed E-state index contributed by atoms with van der Waals surface area (Å²) in [7, 11) is 0. The first kappa shape index (κ1) is 14.0. The van der Waals surface area contributed by atoms with Crippen molar-refractivity contribution in [3.63, 3.8) is 0 Å². The molecular weight excluding hydrogens is 312 g/mol. The van der Waals surface area contributed by atoms with Crippen LogP contribution >= 0.6 is 0 Å². The molecule has 3 nitrogen and oxygen atoms in total. The summed E-state index contributed by atoms with van der Waals surface area (Å²) in [4.78, 5) is 24.8. The van der Waals surface area contributed by atoms with Crippen LogP contribution in [-0.4, -0.2) is 18.4 Å². The fraction of sp³-hybridized carbons (Fsp3) is 0.818. The topological polar surface area (TPSA) is 43.4 Å². The molecule has 0 aromatic heterocycles. The Morgan fingerprint density at radius 2 is 1.80 bits per heavy atom. The van der Waals surface area contributed by atoms with Gasteiger partial charge in [0.2, 0.25) is 0 Å². The maximum absolute atomic E-state index is 13.3. The van der Waals surface area contributed by atoms with E-state index < -0.39 is 0 Å². The SMILES string of the molecule is CC(=O)OC[C@@H]1[C@@H]2[C@@H]3CCC[C@@H]3[C@H]3[C@H]4C(=O)C5=C6[C@H]4[C@H]([C@H]23)[C@@H]1[C@@H]6CC5. The first-order valence-electron chi connectivity index (χ1n) is 10.6. The van der Waals surface area contributed by atoms with Crippen LogP contribution in [0.15, 0.2) is 11.1 Å². The molecule has 0 heterocycles.